The van der Waals surface area contributed by atoms with E-state index in [-0.39, 0.29) is 6.61 Å². The lowest BCUT2D eigenvalue weighted by atomic mass is 10.1. The monoisotopic (exact) mass is 378 g/mol. The van der Waals surface area contributed by atoms with E-state index in [1.807, 2.05) is 26.0 Å². The van der Waals surface area contributed by atoms with Gasteiger partial charge in [0.05, 0.1) is 6.21 Å². The molecule has 0 unspecified atom stereocenters. The van der Waals surface area contributed by atoms with Crippen LogP contribution in [0.2, 0.25) is 0 Å². The number of hydrogen-bond acceptors (Lipinski definition) is 3. The van der Waals surface area contributed by atoms with Crippen molar-refractivity contribution in [2.75, 3.05) is 6.61 Å². The number of rotatable bonds is 5. The van der Waals surface area contributed by atoms with Gasteiger partial charge in [-0.05, 0) is 43.2 Å². The number of hydrogen-bond donors (Lipinski definition) is 1. The number of halogens is 2. The van der Waals surface area contributed by atoms with Gasteiger partial charge in [-0.15, -0.1) is 0 Å². The molecule has 6 heteroatoms. The van der Waals surface area contributed by atoms with Gasteiger partial charge in [0.25, 0.3) is 5.91 Å². The van der Waals surface area contributed by atoms with E-state index < -0.39 is 11.7 Å². The maximum Gasteiger partial charge on any atom is 0.277 e. The molecule has 0 saturated carbocycles. The maximum absolute atomic E-state index is 13.4. The zero-order valence-electron chi connectivity index (χ0n) is 12.8. The van der Waals surface area contributed by atoms with Crippen LogP contribution in [0.15, 0.2) is 46.0 Å². The fourth-order valence-electron chi connectivity index (χ4n) is 2.05. The first-order chi connectivity index (χ1) is 11.0. The van der Waals surface area contributed by atoms with Crippen LogP contribution in [0.1, 0.15) is 16.7 Å². The van der Waals surface area contributed by atoms with Crippen molar-refractivity contribution in [1.82, 2.24) is 5.43 Å². The summed E-state index contributed by atoms with van der Waals surface area (Å²) in [5, 5.41) is 3.72. The molecule has 2 aromatic rings. The Morgan fingerprint density at radius 3 is 2.61 bits per heavy atom. The Kier molecular flexibility index (Phi) is 5.87. The molecule has 0 spiro atoms. The first kappa shape index (κ1) is 17.1. The van der Waals surface area contributed by atoms with Crippen LogP contribution in [0.25, 0.3) is 0 Å². The predicted molar refractivity (Wildman–Crippen MR) is 91.2 cm³/mol. The van der Waals surface area contributed by atoms with Crippen molar-refractivity contribution in [3.8, 4) is 5.75 Å². The SMILES string of the molecule is Cc1cc(Br)cc(C)c1OCC(=O)N/N=C/c1ccccc1F. The summed E-state index contributed by atoms with van der Waals surface area (Å²) in [6.45, 7) is 3.64. The van der Waals surface area contributed by atoms with Crippen LogP contribution < -0.4 is 10.2 Å². The molecule has 2 aromatic carbocycles. The zero-order chi connectivity index (χ0) is 16.8. The van der Waals surface area contributed by atoms with Crippen molar-refractivity contribution in [1.29, 1.82) is 0 Å². The van der Waals surface area contributed by atoms with Gasteiger partial charge in [0.1, 0.15) is 11.6 Å². The number of nitrogens with zero attached hydrogens (tertiary/aromatic N) is 1. The summed E-state index contributed by atoms with van der Waals surface area (Å²) in [7, 11) is 0. The number of hydrazone groups is 1. The number of nitrogens with one attached hydrogen (secondary N) is 1. The lowest BCUT2D eigenvalue weighted by molar-refractivity contribution is -0.123. The van der Waals surface area contributed by atoms with E-state index in [1.165, 1.54) is 12.3 Å². The van der Waals surface area contributed by atoms with Crippen LogP contribution in [-0.4, -0.2) is 18.7 Å². The third kappa shape index (κ3) is 4.89. The Hall–Kier alpha value is -2.21. The average molecular weight is 379 g/mol. The highest BCUT2D eigenvalue weighted by Gasteiger charge is 2.08. The minimum atomic E-state index is -0.417. The van der Waals surface area contributed by atoms with E-state index in [9.17, 15) is 9.18 Å². The Balaban J connectivity index is 1.90. The van der Waals surface area contributed by atoms with Gasteiger partial charge in [-0.2, -0.15) is 5.10 Å². The van der Waals surface area contributed by atoms with Gasteiger partial charge < -0.3 is 4.74 Å². The minimum Gasteiger partial charge on any atom is -0.483 e. The molecule has 0 heterocycles. The summed E-state index contributed by atoms with van der Waals surface area (Å²) in [4.78, 5) is 11.7. The van der Waals surface area contributed by atoms with E-state index >= 15 is 0 Å². The van der Waals surface area contributed by atoms with Crippen LogP contribution in [0, 0.1) is 19.7 Å². The fraction of sp³-hybridized carbons (Fsp3) is 0.176. The Morgan fingerprint density at radius 2 is 1.96 bits per heavy atom. The van der Waals surface area contributed by atoms with Crippen molar-refractivity contribution < 1.29 is 13.9 Å². The molecule has 0 saturated heterocycles. The molecule has 0 aliphatic rings. The number of ether oxygens (including phenoxy) is 1. The highest BCUT2D eigenvalue weighted by Crippen LogP contribution is 2.27. The van der Waals surface area contributed by atoms with Gasteiger partial charge in [0.15, 0.2) is 6.61 Å². The molecule has 0 aromatic heterocycles. The highest BCUT2D eigenvalue weighted by molar-refractivity contribution is 9.10. The standard InChI is InChI=1S/C17H16BrFN2O2/c1-11-7-14(18)8-12(2)17(11)23-10-16(22)21-20-9-13-5-3-4-6-15(13)19/h3-9H,10H2,1-2H3,(H,21,22)/b20-9+. The largest absolute Gasteiger partial charge is 0.483 e. The van der Waals surface area contributed by atoms with E-state index in [2.05, 4.69) is 26.5 Å². The fourth-order valence-corrected chi connectivity index (χ4v) is 2.74. The van der Waals surface area contributed by atoms with Crippen LogP contribution >= 0.6 is 15.9 Å². The molecule has 1 N–H and O–H groups in total. The maximum atomic E-state index is 13.4. The molecular formula is C17H16BrFN2O2. The Labute approximate surface area is 142 Å². The zero-order valence-corrected chi connectivity index (χ0v) is 14.4. The van der Waals surface area contributed by atoms with Gasteiger partial charge >= 0.3 is 0 Å². The van der Waals surface area contributed by atoms with Crippen molar-refractivity contribution >= 4 is 28.1 Å². The number of carbonyl (C=O) groups excluding carboxylic acids is 1. The molecule has 4 nitrogen and oxygen atoms in total. The molecule has 2 rings (SSSR count). The minimum absolute atomic E-state index is 0.169. The van der Waals surface area contributed by atoms with Crippen LogP contribution in [0.3, 0.4) is 0 Å². The Bertz CT molecular complexity index is 724. The second-order valence-corrected chi connectivity index (χ2v) is 5.89. The van der Waals surface area contributed by atoms with Crippen LogP contribution in [-0.2, 0) is 4.79 Å². The summed E-state index contributed by atoms with van der Waals surface area (Å²) in [6.07, 6.45) is 1.25. The topological polar surface area (TPSA) is 50.7 Å². The van der Waals surface area contributed by atoms with E-state index in [0.29, 0.717) is 11.3 Å². The van der Waals surface area contributed by atoms with Crippen LogP contribution in [0.4, 0.5) is 4.39 Å². The third-order valence-corrected chi connectivity index (χ3v) is 3.53. The lowest BCUT2D eigenvalue weighted by Crippen LogP contribution is -2.25. The molecule has 120 valence electrons. The molecule has 0 radical (unpaired) electrons. The van der Waals surface area contributed by atoms with Crippen molar-refractivity contribution in [2.45, 2.75) is 13.8 Å². The number of carbonyl (C=O) groups is 1. The molecular weight excluding hydrogens is 363 g/mol. The van der Waals surface area contributed by atoms with Crippen molar-refractivity contribution in [3.05, 3.63) is 63.4 Å². The number of benzene rings is 2. The first-order valence-corrected chi connectivity index (χ1v) is 7.72. The molecule has 1 amide bonds. The summed E-state index contributed by atoms with van der Waals surface area (Å²) >= 11 is 3.40. The summed E-state index contributed by atoms with van der Waals surface area (Å²) in [5.74, 6) is -0.149. The van der Waals surface area contributed by atoms with Gasteiger partial charge in [-0.1, -0.05) is 34.1 Å². The highest BCUT2D eigenvalue weighted by atomic mass is 79.9. The van der Waals surface area contributed by atoms with E-state index in [4.69, 9.17) is 4.74 Å². The molecule has 0 atom stereocenters. The van der Waals surface area contributed by atoms with Gasteiger partial charge in [-0.25, -0.2) is 9.82 Å². The smallest absolute Gasteiger partial charge is 0.277 e. The van der Waals surface area contributed by atoms with E-state index in [1.54, 1.807) is 18.2 Å². The number of aryl methyl sites for hydroxylation is 2. The van der Waals surface area contributed by atoms with Gasteiger partial charge in [0.2, 0.25) is 0 Å². The van der Waals surface area contributed by atoms with E-state index in [0.717, 1.165) is 15.6 Å². The van der Waals surface area contributed by atoms with Crippen molar-refractivity contribution in [2.24, 2.45) is 5.10 Å². The molecule has 0 fully saturated rings. The first-order valence-electron chi connectivity index (χ1n) is 6.93. The average Bonchev–Trinajstić information content (AvgIpc) is 2.48. The normalized spacial score (nSPS) is 10.8. The molecule has 23 heavy (non-hydrogen) atoms. The van der Waals surface area contributed by atoms with Crippen molar-refractivity contribution in [3.63, 3.8) is 0 Å². The summed E-state index contributed by atoms with van der Waals surface area (Å²) < 4.78 is 19.9. The summed E-state index contributed by atoms with van der Waals surface area (Å²) in [6, 6.07) is 9.99. The second-order valence-electron chi connectivity index (χ2n) is 4.97. The quantitative estimate of drug-likeness (QED) is 0.636. The molecule has 0 aliphatic heterocycles. The second kappa shape index (κ2) is 7.87. The molecule has 0 aliphatic carbocycles. The number of amides is 1. The molecule has 0 bridgehead atoms. The lowest BCUT2D eigenvalue weighted by Gasteiger charge is -2.11. The van der Waals surface area contributed by atoms with Crippen LogP contribution in [0.5, 0.6) is 5.75 Å². The third-order valence-electron chi connectivity index (χ3n) is 3.07. The Morgan fingerprint density at radius 1 is 1.30 bits per heavy atom. The summed E-state index contributed by atoms with van der Waals surface area (Å²) in [5.41, 5.74) is 4.47. The van der Waals surface area contributed by atoms with Gasteiger partial charge in [-0.3, -0.25) is 4.79 Å². The predicted octanol–water partition coefficient (Wildman–Crippen LogP) is 3.73. The van der Waals surface area contributed by atoms with Gasteiger partial charge in [0, 0.05) is 10.0 Å².